The number of aromatic nitrogens is 1. The van der Waals surface area contributed by atoms with Crippen molar-refractivity contribution in [2.45, 2.75) is 32.2 Å². The van der Waals surface area contributed by atoms with Crippen molar-refractivity contribution in [3.05, 3.63) is 95.6 Å². The van der Waals surface area contributed by atoms with Crippen LogP contribution in [0.4, 0.5) is 10.1 Å². The maximum absolute atomic E-state index is 12.7. The third-order valence-corrected chi connectivity index (χ3v) is 6.35. The molecule has 32 heavy (non-hydrogen) atoms. The molecule has 1 saturated heterocycles. The summed E-state index contributed by atoms with van der Waals surface area (Å²) in [5, 5.41) is 0. The molecular weight excluding hydrogens is 401 g/mol. The summed E-state index contributed by atoms with van der Waals surface area (Å²) in [6, 6.07) is 20.2. The van der Waals surface area contributed by atoms with Crippen LogP contribution in [0.3, 0.4) is 0 Å². The molecule has 1 aromatic heterocycles. The molecule has 3 aromatic rings. The molecule has 0 bridgehead atoms. The van der Waals surface area contributed by atoms with Gasteiger partial charge in [-0.15, -0.1) is 0 Å². The van der Waals surface area contributed by atoms with Crippen LogP contribution in [0.2, 0.25) is 0 Å². The molecule has 2 aliphatic rings. The average molecular weight is 432 g/mol. The van der Waals surface area contributed by atoms with Crippen molar-refractivity contribution in [2.75, 3.05) is 31.1 Å². The van der Waals surface area contributed by atoms with Gasteiger partial charge in [-0.25, -0.2) is 4.39 Å². The molecular formula is C27H30FN3O. The summed E-state index contributed by atoms with van der Waals surface area (Å²) in [5.74, 6) is -0.168. The Morgan fingerprint density at radius 1 is 1.00 bits per heavy atom. The minimum absolute atomic E-state index is 0.0102. The van der Waals surface area contributed by atoms with Gasteiger partial charge >= 0.3 is 0 Å². The zero-order chi connectivity index (χ0) is 22.3. The van der Waals surface area contributed by atoms with E-state index in [1.54, 1.807) is 30.5 Å². The van der Waals surface area contributed by atoms with E-state index < -0.39 is 0 Å². The monoisotopic (exact) mass is 431 g/mol. The lowest BCUT2D eigenvalue weighted by Crippen LogP contribution is -2.44. The van der Waals surface area contributed by atoms with Crippen molar-refractivity contribution in [3.8, 4) is 0 Å². The zero-order valence-corrected chi connectivity index (χ0v) is 18.6. The van der Waals surface area contributed by atoms with Gasteiger partial charge in [-0.2, -0.15) is 0 Å². The molecule has 0 spiro atoms. The lowest BCUT2D eigenvalue weighted by molar-refractivity contribution is 0.103. The first kappa shape index (κ1) is 22.2. The normalized spacial score (nSPS) is 16.2. The topological polar surface area (TPSA) is 36.4 Å². The fourth-order valence-electron chi connectivity index (χ4n) is 4.53. The van der Waals surface area contributed by atoms with Crippen LogP contribution < -0.4 is 4.90 Å². The van der Waals surface area contributed by atoms with E-state index in [-0.39, 0.29) is 11.6 Å². The van der Waals surface area contributed by atoms with Crippen LogP contribution in [0.5, 0.6) is 0 Å². The summed E-state index contributed by atoms with van der Waals surface area (Å²) in [6.45, 7) is 6.82. The SMILES string of the molecule is CCN1CCC(N2CCc3ccc(C(=O)c4ccccn4)cc32)CC1.Fc1ccccc1. The number of hydrogen-bond acceptors (Lipinski definition) is 4. The maximum atomic E-state index is 12.7. The van der Waals surface area contributed by atoms with Gasteiger partial charge in [0.05, 0.1) is 0 Å². The second kappa shape index (κ2) is 10.5. The summed E-state index contributed by atoms with van der Waals surface area (Å²) in [4.78, 5) is 22.0. The molecule has 0 aliphatic carbocycles. The number of likely N-dealkylation sites (tertiary alicyclic amines) is 1. The molecule has 2 aromatic carbocycles. The number of benzene rings is 2. The van der Waals surface area contributed by atoms with Gasteiger partial charge in [-0.3, -0.25) is 9.78 Å². The molecule has 5 heteroatoms. The van der Waals surface area contributed by atoms with Gasteiger partial charge in [0.2, 0.25) is 5.78 Å². The number of piperidine rings is 1. The summed E-state index contributed by atoms with van der Waals surface area (Å²) in [6.07, 6.45) is 5.19. The van der Waals surface area contributed by atoms with Crippen molar-refractivity contribution >= 4 is 11.5 Å². The van der Waals surface area contributed by atoms with E-state index in [9.17, 15) is 9.18 Å². The van der Waals surface area contributed by atoms with E-state index >= 15 is 0 Å². The molecule has 166 valence electrons. The Bertz CT molecular complexity index is 1020. The van der Waals surface area contributed by atoms with E-state index in [2.05, 4.69) is 33.8 Å². The van der Waals surface area contributed by atoms with Crippen LogP contribution in [-0.2, 0) is 6.42 Å². The number of fused-ring (bicyclic) bond motifs is 1. The molecule has 0 saturated carbocycles. The second-order valence-electron chi connectivity index (χ2n) is 8.29. The van der Waals surface area contributed by atoms with E-state index in [1.807, 2.05) is 18.2 Å². The van der Waals surface area contributed by atoms with Crippen molar-refractivity contribution in [1.29, 1.82) is 0 Å². The number of nitrogens with zero attached hydrogens (tertiary/aromatic N) is 3. The van der Waals surface area contributed by atoms with Gasteiger partial charge < -0.3 is 9.80 Å². The molecule has 0 N–H and O–H groups in total. The first-order valence-electron chi connectivity index (χ1n) is 11.4. The summed E-state index contributed by atoms with van der Waals surface area (Å²) in [7, 11) is 0. The Kier molecular flexibility index (Phi) is 7.28. The highest BCUT2D eigenvalue weighted by molar-refractivity contribution is 6.08. The summed E-state index contributed by atoms with van der Waals surface area (Å²) < 4.78 is 11.9. The molecule has 1 fully saturated rings. The Hall–Kier alpha value is -3.05. The third kappa shape index (κ3) is 5.22. The Morgan fingerprint density at radius 2 is 1.75 bits per heavy atom. The fraction of sp³-hybridized carbons (Fsp3) is 0.333. The predicted octanol–water partition coefficient (Wildman–Crippen LogP) is 4.99. The highest BCUT2D eigenvalue weighted by Crippen LogP contribution is 2.34. The number of pyridine rings is 1. The number of carbonyl (C=O) groups excluding carboxylic acids is 1. The molecule has 4 nitrogen and oxygen atoms in total. The van der Waals surface area contributed by atoms with Crippen LogP contribution in [0.1, 0.15) is 41.4 Å². The van der Waals surface area contributed by atoms with Gasteiger partial charge in [-0.05, 0) is 61.7 Å². The van der Waals surface area contributed by atoms with E-state index in [0.29, 0.717) is 11.7 Å². The van der Waals surface area contributed by atoms with E-state index in [1.165, 1.54) is 49.3 Å². The standard InChI is InChI=1S/C21H25N3O.C6H5F/c1-2-23-12-9-18(10-13-23)24-14-8-16-6-7-17(15-20(16)24)21(25)19-5-3-4-11-22-19;7-6-4-2-1-3-5-6/h3-7,11,15,18H,2,8-10,12-14H2,1H3;1-5H. The molecule has 0 atom stereocenters. The van der Waals surface area contributed by atoms with Gasteiger partial charge in [-0.1, -0.05) is 43.3 Å². The highest BCUT2D eigenvalue weighted by Gasteiger charge is 2.29. The molecule has 2 aliphatic heterocycles. The first-order valence-corrected chi connectivity index (χ1v) is 11.4. The Balaban J connectivity index is 0.000000300. The molecule has 0 radical (unpaired) electrons. The average Bonchev–Trinajstić information content (AvgIpc) is 3.28. The van der Waals surface area contributed by atoms with Crippen molar-refractivity contribution in [2.24, 2.45) is 0 Å². The molecule has 5 rings (SSSR count). The first-order chi connectivity index (χ1) is 15.7. The second-order valence-corrected chi connectivity index (χ2v) is 8.29. The van der Waals surface area contributed by atoms with Gasteiger partial charge in [0.15, 0.2) is 0 Å². The van der Waals surface area contributed by atoms with Gasteiger partial charge in [0.25, 0.3) is 0 Å². The Labute approximate surface area is 189 Å². The quantitative estimate of drug-likeness (QED) is 0.546. The number of anilines is 1. The Morgan fingerprint density at radius 3 is 2.38 bits per heavy atom. The minimum Gasteiger partial charge on any atom is -0.368 e. The molecule has 0 amide bonds. The van der Waals surface area contributed by atoms with Crippen LogP contribution in [0, 0.1) is 5.82 Å². The number of ketones is 1. The lowest BCUT2D eigenvalue weighted by Gasteiger charge is -2.37. The van der Waals surface area contributed by atoms with E-state index in [4.69, 9.17) is 0 Å². The number of halogens is 1. The van der Waals surface area contributed by atoms with Crippen LogP contribution in [0.15, 0.2) is 72.9 Å². The molecule has 3 heterocycles. The van der Waals surface area contributed by atoms with Crippen molar-refractivity contribution < 1.29 is 9.18 Å². The minimum atomic E-state index is -0.178. The maximum Gasteiger partial charge on any atom is 0.211 e. The number of hydrogen-bond donors (Lipinski definition) is 0. The molecule has 0 unspecified atom stereocenters. The van der Waals surface area contributed by atoms with Crippen molar-refractivity contribution in [1.82, 2.24) is 9.88 Å². The zero-order valence-electron chi connectivity index (χ0n) is 18.6. The van der Waals surface area contributed by atoms with Crippen LogP contribution >= 0.6 is 0 Å². The van der Waals surface area contributed by atoms with E-state index in [0.717, 1.165) is 25.1 Å². The fourth-order valence-corrected chi connectivity index (χ4v) is 4.53. The van der Waals surface area contributed by atoms with Gasteiger partial charge in [0.1, 0.15) is 11.5 Å². The van der Waals surface area contributed by atoms with Crippen LogP contribution in [-0.4, -0.2) is 47.9 Å². The smallest absolute Gasteiger partial charge is 0.211 e. The predicted molar refractivity (Wildman–Crippen MR) is 127 cm³/mol. The number of rotatable bonds is 4. The lowest BCUT2D eigenvalue weighted by atomic mass is 10.0. The summed E-state index contributed by atoms with van der Waals surface area (Å²) in [5.41, 5.74) is 3.89. The van der Waals surface area contributed by atoms with Crippen LogP contribution in [0.25, 0.3) is 0 Å². The van der Waals surface area contributed by atoms with Crippen molar-refractivity contribution in [3.63, 3.8) is 0 Å². The largest absolute Gasteiger partial charge is 0.368 e. The highest BCUT2D eigenvalue weighted by atomic mass is 19.1. The third-order valence-electron chi connectivity index (χ3n) is 6.35. The number of carbonyl (C=O) groups is 1. The van der Waals surface area contributed by atoms with Gasteiger partial charge in [0, 0.05) is 43.1 Å². The summed E-state index contributed by atoms with van der Waals surface area (Å²) >= 11 is 0.